The second-order valence-corrected chi connectivity index (χ2v) is 4.32. The average Bonchev–Trinajstić information content (AvgIpc) is 2.66. The molecule has 1 fully saturated rings. The average molecular weight is 208 g/mol. The number of piperidine rings is 1. The number of likely N-dealkylation sites (tertiary alicyclic amines) is 1. The lowest BCUT2D eigenvalue weighted by Crippen LogP contribution is -2.34. The summed E-state index contributed by atoms with van der Waals surface area (Å²) in [5.41, 5.74) is 5.75. The monoisotopic (exact) mass is 208 g/mol. The number of nitrogens with zero attached hydrogens (tertiary/aromatic N) is 3. The van der Waals surface area contributed by atoms with E-state index >= 15 is 0 Å². The minimum atomic E-state index is 0.646. The minimum Gasteiger partial charge on any atom is -0.369 e. The van der Waals surface area contributed by atoms with Crippen LogP contribution < -0.4 is 5.73 Å². The fourth-order valence-electron chi connectivity index (χ4n) is 2.26. The lowest BCUT2D eigenvalue weighted by Gasteiger charge is -2.31. The molecule has 4 nitrogen and oxygen atoms in total. The third-order valence-corrected chi connectivity index (χ3v) is 3.36. The van der Waals surface area contributed by atoms with E-state index in [0.29, 0.717) is 5.95 Å². The summed E-state index contributed by atoms with van der Waals surface area (Å²) in [6.45, 7) is 6.91. The standard InChI is InChI=1S/C11H20N4/c1-2-14-6-3-10(4-7-14)9-15-8-5-13-11(15)12/h5,8,10H,2-4,6-7,9H2,1H3,(H2,12,13). The first kappa shape index (κ1) is 10.5. The van der Waals surface area contributed by atoms with Gasteiger partial charge in [0.1, 0.15) is 0 Å². The first-order valence-electron chi connectivity index (χ1n) is 5.78. The van der Waals surface area contributed by atoms with Gasteiger partial charge in [-0.05, 0) is 38.4 Å². The molecule has 0 aliphatic carbocycles. The Hall–Kier alpha value is -1.03. The summed E-state index contributed by atoms with van der Waals surface area (Å²) in [7, 11) is 0. The van der Waals surface area contributed by atoms with E-state index in [2.05, 4.69) is 21.4 Å². The molecule has 0 bridgehead atoms. The molecule has 15 heavy (non-hydrogen) atoms. The highest BCUT2D eigenvalue weighted by Crippen LogP contribution is 2.19. The minimum absolute atomic E-state index is 0.646. The molecule has 2 heterocycles. The SMILES string of the molecule is CCN1CCC(Cn2ccnc2N)CC1. The molecule has 1 saturated heterocycles. The maximum absolute atomic E-state index is 5.75. The van der Waals surface area contributed by atoms with Crippen molar-refractivity contribution in [1.29, 1.82) is 0 Å². The summed E-state index contributed by atoms with van der Waals surface area (Å²) in [6.07, 6.45) is 6.31. The van der Waals surface area contributed by atoms with Crippen molar-refractivity contribution in [3.05, 3.63) is 12.4 Å². The Morgan fingerprint density at radius 2 is 2.20 bits per heavy atom. The van der Waals surface area contributed by atoms with Crippen molar-refractivity contribution in [2.45, 2.75) is 26.3 Å². The highest BCUT2D eigenvalue weighted by molar-refractivity contribution is 5.16. The fraction of sp³-hybridized carbons (Fsp3) is 0.727. The van der Waals surface area contributed by atoms with Gasteiger partial charge in [0.2, 0.25) is 0 Å². The molecular formula is C11H20N4. The Morgan fingerprint density at radius 3 is 2.73 bits per heavy atom. The molecule has 1 aliphatic heterocycles. The van der Waals surface area contributed by atoms with E-state index in [1.165, 1.54) is 32.5 Å². The van der Waals surface area contributed by atoms with Crippen molar-refractivity contribution < 1.29 is 0 Å². The predicted octanol–water partition coefficient (Wildman–Crippen LogP) is 1.20. The van der Waals surface area contributed by atoms with E-state index in [1.807, 2.05) is 6.20 Å². The molecule has 0 radical (unpaired) electrons. The summed E-state index contributed by atoms with van der Waals surface area (Å²) >= 11 is 0. The van der Waals surface area contributed by atoms with Gasteiger partial charge in [-0.2, -0.15) is 0 Å². The van der Waals surface area contributed by atoms with Gasteiger partial charge in [-0.15, -0.1) is 0 Å². The van der Waals surface area contributed by atoms with Crippen LogP contribution in [0.3, 0.4) is 0 Å². The van der Waals surface area contributed by atoms with Gasteiger partial charge in [0.25, 0.3) is 0 Å². The molecule has 2 N–H and O–H groups in total. The molecule has 1 aromatic rings. The van der Waals surface area contributed by atoms with E-state index in [-0.39, 0.29) is 0 Å². The van der Waals surface area contributed by atoms with Gasteiger partial charge < -0.3 is 15.2 Å². The van der Waals surface area contributed by atoms with Gasteiger partial charge in [-0.1, -0.05) is 6.92 Å². The van der Waals surface area contributed by atoms with Gasteiger partial charge in [0.15, 0.2) is 5.95 Å². The zero-order valence-corrected chi connectivity index (χ0v) is 9.39. The lowest BCUT2D eigenvalue weighted by atomic mass is 9.97. The third kappa shape index (κ3) is 2.50. The van der Waals surface area contributed by atoms with Crippen LogP contribution in [0.25, 0.3) is 0 Å². The molecule has 2 rings (SSSR count). The van der Waals surface area contributed by atoms with Crippen molar-refractivity contribution in [3.8, 4) is 0 Å². The van der Waals surface area contributed by atoms with E-state index in [1.54, 1.807) is 6.20 Å². The Balaban J connectivity index is 1.85. The largest absolute Gasteiger partial charge is 0.369 e. The number of nitrogen functional groups attached to an aromatic ring is 1. The maximum Gasteiger partial charge on any atom is 0.200 e. The molecule has 4 heteroatoms. The number of anilines is 1. The number of hydrogen-bond donors (Lipinski definition) is 1. The molecule has 0 saturated carbocycles. The van der Waals surface area contributed by atoms with Gasteiger partial charge in [-0.25, -0.2) is 4.98 Å². The molecule has 0 aromatic carbocycles. The first-order valence-corrected chi connectivity index (χ1v) is 5.78. The molecule has 84 valence electrons. The van der Waals surface area contributed by atoms with E-state index in [9.17, 15) is 0 Å². The normalized spacial score (nSPS) is 19.5. The third-order valence-electron chi connectivity index (χ3n) is 3.36. The summed E-state index contributed by atoms with van der Waals surface area (Å²) in [5.74, 6) is 1.41. The van der Waals surface area contributed by atoms with E-state index in [0.717, 1.165) is 12.5 Å². The van der Waals surface area contributed by atoms with E-state index < -0.39 is 0 Å². The van der Waals surface area contributed by atoms with Crippen LogP contribution in [0.5, 0.6) is 0 Å². The highest BCUT2D eigenvalue weighted by Gasteiger charge is 2.18. The van der Waals surface area contributed by atoms with Gasteiger partial charge in [0.05, 0.1) is 0 Å². The van der Waals surface area contributed by atoms with Crippen LogP contribution in [0, 0.1) is 5.92 Å². The molecule has 0 spiro atoms. The van der Waals surface area contributed by atoms with Gasteiger partial charge >= 0.3 is 0 Å². The van der Waals surface area contributed by atoms with Crippen molar-refractivity contribution in [2.24, 2.45) is 5.92 Å². The van der Waals surface area contributed by atoms with Crippen LogP contribution in [0.1, 0.15) is 19.8 Å². The Morgan fingerprint density at radius 1 is 1.47 bits per heavy atom. The first-order chi connectivity index (χ1) is 7.29. The van der Waals surface area contributed by atoms with Gasteiger partial charge in [0, 0.05) is 18.9 Å². The van der Waals surface area contributed by atoms with E-state index in [4.69, 9.17) is 5.73 Å². The zero-order valence-electron chi connectivity index (χ0n) is 9.39. The van der Waals surface area contributed by atoms with Crippen molar-refractivity contribution >= 4 is 5.95 Å². The smallest absolute Gasteiger partial charge is 0.200 e. The summed E-state index contributed by atoms with van der Waals surface area (Å²) in [5, 5.41) is 0. The molecule has 1 aliphatic rings. The van der Waals surface area contributed by atoms with Crippen LogP contribution in [-0.4, -0.2) is 34.1 Å². The maximum atomic E-state index is 5.75. The predicted molar refractivity (Wildman–Crippen MR) is 61.5 cm³/mol. The topological polar surface area (TPSA) is 47.1 Å². The van der Waals surface area contributed by atoms with Gasteiger partial charge in [-0.3, -0.25) is 0 Å². The highest BCUT2D eigenvalue weighted by atomic mass is 15.1. The quantitative estimate of drug-likeness (QED) is 0.812. The Bertz CT molecular complexity index is 299. The summed E-state index contributed by atoms with van der Waals surface area (Å²) in [6, 6.07) is 0. The number of nitrogens with two attached hydrogens (primary N) is 1. The fourth-order valence-corrected chi connectivity index (χ4v) is 2.26. The number of imidazole rings is 1. The number of hydrogen-bond acceptors (Lipinski definition) is 3. The molecular weight excluding hydrogens is 188 g/mol. The van der Waals surface area contributed by atoms with Crippen molar-refractivity contribution in [2.75, 3.05) is 25.4 Å². The molecule has 0 atom stereocenters. The van der Waals surface area contributed by atoms with Crippen molar-refractivity contribution in [1.82, 2.24) is 14.5 Å². The van der Waals surface area contributed by atoms with Crippen LogP contribution in [0.4, 0.5) is 5.95 Å². The second kappa shape index (κ2) is 4.66. The lowest BCUT2D eigenvalue weighted by molar-refractivity contribution is 0.181. The van der Waals surface area contributed by atoms with Crippen LogP contribution >= 0.6 is 0 Å². The summed E-state index contributed by atoms with van der Waals surface area (Å²) in [4.78, 5) is 6.55. The Kier molecular flexibility index (Phi) is 3.26. The van der Waals surface area contributed by atoms with Crippen LogP contribution in [-0.2, 0) is 6.54 Å². The molecule has 1 aromatic heterocycles. The zero-order chi connectivity index (χ0) is 10.7. The Labute approximate surface area is 91.1 Å². The molecule has 0 unspecified atom stereocenters. The number of aromatic nitrogens is 2. The van der Waals surface area contributed by atoms with Crippen LogP contribution in [0.15, 0.2) is 12.4 Å². The second-order valence-electron chi connectivity index (χ2n) is 4.32. The van der Waals surface area contributed by atoms with Crippen LogP contribution in [0.2, 0.25) is 0 Å². The number of rotatable bonds is 3. The molecule has 0 amide bonds. The summed E-state index contributed by atoms with van der Waals surface area (Å²) < 4.78 is 2.06. The van der Waals surface area contributed by atoms with Crippen molar-refractivity contribution in [3.63, 3.8) is 0 Å².